The van der Waals surface area contributed by atoms with E-state index in [2.05, 4.69) is 34.6 Å². The first-order valence-corrected chi connectivity index (χ1v) is 10.4. The van der Waals surface area contributed by atoms with E-state index < -0.39 is 8.32 Å². The molecule has 0 radical (unpaired) electrons. The van der Waals surface area contributed by atoms with Gasteiger partial charge in [-0.05, 0) is 51.7 Å². The molecular formula is C16H21N3OSi. The van der Waals surface area contributed by atoms with Gasteiger partial charge in [0.2, 0.25) is 8.32 Å². The van der Waals surface area contributed by atoms with Crippen LogP contribution in [-0.2, 0) is 0 Å². The minimum Gasteiger partial charge on any atom is -0.543 e. The Bertz CT molecular complexity index is 663. The van der Waals surface area contributed by atoms with Crippen molar-refractivity contribution in [3.8, 4) is 5.75 Å². The minimum atomic E-state index is -1.67. The van der Waals surface area contributed by atoms with Crippen molar-refractivity contribution in [3.05, 3.63) is 48.0 Å². The second-order valence-corrected chi connectivity index (χ2v) is 10.3. The molecule has 0 N–H and O–H groups in total. The highest BCUT2D eigenvalue weighted by Crippen LogP contribution is 2.29. The van der Waals surface area contributed by atoms with Gasteiger partial charge in [-0.25, -0.2) is 15.0 Å². The number of benzene rings is 1. The predicted octanol–water partition coefficient (Wildman–Crippen LogP) is 4.14. The summed E-state index contributed by atoms with van der Waals surface area (Å²) in [4.78, 5) is 13.3. The van der Waals surface area contributed by atoms with Crippen molar-refractivity contribution < 1.29 is 4.43 Å². The van der Waals surface area contributed by atoms with Gasteiger partial charge in [0.1, 0.15) is 11.4 Å². The van der Waals surface area contributed by atoms with Gasteiger partial charge >= 0.3 is 0 Å². The molecule has 21 heavy (non-hydrogen) atoms. The van der Waals surface area contributed by atoms with Crippen molar-refractivity contribution in [2.75, 3.05) is 0 Å². The molecule has 0 unspecified atom stereocenters. The van der Waals surface area contributed by atoms with Gasteiger partial charge in [0.15, 0.2) is 5.82 Å². The zero-order chi connectivity index (χ0) is 15.5. The van der Waals surface area contributed by atoms with Crippen molar-refractivity contribution in [1.29, 1.82) is 0 Å². The molecule has 0 amide bonds. The molecule has 0 aliphatic heterocycles. The number of hydrogen-bond donors (Lipinski definition) is 0. The first-order valence-electron chi connectivity index (χ1n) is 6.98. The van der Waals surface area contributed by atoms with Crippen LogP contribution >= 0.6 is 0 Å². The second kappa shape index (κ2) is 6.18. The molecule has 1 heterocycles. The third-order valence-corrected chi connectivity index (χ3v) is 3.52. The van der Waals surface area contributed by atoms with Gasteiger partial charge < -0.3 is 4.43 Å². The molecule has 4 nitrogen and oxygen atoms in total. The predicted molar refractivity (Wildman–Crippen MR) is 89.1 cm³/mol. The minimum absolute atomic E-state index is 0.651. The molecular weight excluding hydrogens is 278 g/mol. The molecule has 0 atom stereocenters. The monoisotopic (exact) mass is 299 g/mol. The lowest BCUT2D eigenvalue weighted by atomic mass is 10.3. The summed E-state index contributed by atoms with van der Waals surface area (Å²) in [5, 5.41) is 0. The molecule has 0 saturated carbocycles. The summed E-state index contributed by atoms with van der Waals surface area (Å²) >= 11 is 0. The van der Waals surface area contributed by atoms with Crippen molar-refractivity contribution in [3.63, 3.8) is 0 Å². The SMILES string of the molecule is CC(=Nc1ccccc1O[Si](C)(C)C)c1nccc(C)n1. The van der Waals surface area contributed by atoms with Crippen molar-refractivity contribution in [2.45, 2.75) is 33.5 Å². The highest BCUT2D eigenvalue weighted by atomic mass is 28.4. The molecule has 0 aliphatic rings. The normalized spacial score (nSPS) is 12.3. The molecule has 0 saturated heterocycles. The van der Waals surface area contributed by atoms with E-state index in [0.29, 0.717) is 5.82 Å². The number of nitrogens with zero attached hydrogens (tertiary/aromatic N) is 3. The van der Waals surface area contributed by atoms with E-state index in [4.69, 9.17) is 4.43 Å². The van der Waals surface area contributed by atoms with Crippen LogP contribution in [0.4, 0.5) is 5.69 Å². The van der Waals surface area contributed by atoms with Crippen LogP contribution in [0.5, 0.6) is 5.75 Å². The molecule has 0 fully saturated rings. The van der Waals surface area contributed by atoms with Gasteiger partial charge in [0, 0.05) is 11.9 Å². The van der Waals surface area contributed by atoms with Crippen LogP contribution in [0.25, 0.3) is 0 Å². The maximum atomic E-state index is 6.08. The molecule has 0 aliphatic carbocycles. The Balaban J connectivity index is 2.36. The Hall–Kier alpha value is -2.01. The zero-order valence-electron chi connectivity index (χ0n) is 13.2. The molecule has 2 rings (SSSR count). The van der Waals surface area contributed by atoms with Crippen molar-refractivity contribution in [1.82, 2.24) is 9.97 Å². The van der Waals surface area contributed by atoms with E-state index in [-0.39, 0.29) is 0 Å². The highest BCUT2D eigenvalue weighted by Gasteiger charge is 2.18. The van der Waals surface area contributed by atoms with Gasteiger partial charge in [-0.1, -0.05) is 12.1 Å². The molecule has 0 bridgehead atoms. The van der Waals surface area contributed by atoms with Gasteiger partial charge in [-0.2, -0.15) is 0 Å². The van der Waals surface area contributed by atoms with Gasteiger partial charge in [-0.3, -0.25) is 0 Å². The maximum Gasteiger partial charge on any atom is 0.242 e. The van der Waals surface area contributed by atoms with E-state index in [1.807, 2.05) is 44.2 Å². The van der Waals surface area contributed by atoms with Crippen molar-refractivity contribution >= 4 is 19.7 Å². The highest BCUT2D eigenvalue weighted by molar-refractivity contribution is 6.70. The number of aryl methyl sites for hydroxylation is 1. The summed E-state index contributed by atoms with van der Waals surface area (Å²) in [6, 6.07) is 9.71. The fourth-order valence-corrected chi connectivity index (χ4v) is 2.65. The van der Waals surface area contributed by atoms with Crippen LogP contribution in [0.1, 0.15) is 18.4 Å². The third kappa shape index (κ3) is 4.49. The third-order valence-electron chi connectivity index (χ3n) is 2.69. The fourth-order valence-electron chi connectivity index (χ4n) is 1.82. The fraction of sp³-hybridized carbons (Fsp3) is 0.312. The topological polar surface area (TPSA) is 47.4 Å². The summed E-state index contributed by atoms with van der Waals surface area (Å²) in [6.45, 7) is 10.3. The average molecular weight is 299 g/mol. The number of hydrogen-bond acceptors (Lipinski definition) is 4. The van der Waals surface area contributed by atoms with E-state index in [9.17, 15) is 0 Å². The number of aromatic nitrogens is 2. The Morgan fingerprint density at radius 1 is 1.14 bits per heavy atom. The van der Waals surface area contributed by atoms with E-state index in [0.717, 1.165) is 22.8 Å². The van der Waals surface area contributed by atoms with Crippen LogP contribution in [-0.4, -0.2) is 24.0 Å². The lowest BCUT2D eigenvalue weighted by Gasteiger charge is -2.20. The summed E-state index contributed by atoms with van der Waals surface area (Å²) < 4.78 is 6.08. The summed E-state index contributed by atoms with van der Waals surface area (Å²) in [5.74, 6) is 1.47. The van der Waals surface area contributed by atoms with Gasteiger partial charge in [-0.15, -0.1) is 0 Å². The molecule has 1 aromatic carbocycles. The Labute approximate surface area is 127 Å². The first kappa shape index (κ1) is 15.4. The van der Waals surface area contributed by atoms with E-state index in [1.165, 1.54) is 0 Å². The van der Waals surface area contributed by atoms with E-state index >= 15 is 0 Å². The molecule has 2 aromatic rings. The van der Waals surface area contributed by atoms with Gasteiger partial charge in [0.05, 0.1) is 5.71 Å². The van der Waals surface area contributed by atoms with Gasteiger partial charge in [0.25, 0.3) is 0 Å². The van der Waals surface area contributed by atoms with Crippen molar-refractivity contribution in [2.24, 2.45) is 4.99 Å². The maximum absolute atomic E-state index is 6.08. The lowest BCUT2D eigenvalue weighted by molar-refractivity contribution is 0.559. The number of aliphatic imine (C=N–C) groups is 1. The van der Waals surface area contributed by atoms with E-state index in [1.54, 1.807) is 6.20 Å². The average Bonchev–Trinajstić information content (AvgIpc) is 2.39. The standard InChI is InChI=1S/C16H21N3OSi/c1-12-10-11-17-16(18-12)13(2)19-14-8-6-7-9-15(14)20-21(3,4)5/h6-11H,1-5H3. The van der Waals surface area contributed by atoms with Crippen LogP contribution in [0, 0.1) is 6.92 Å². The molecule has 5 heteroatoms. The number of para-hydroxylation sites is 2. The largest absolute Gasteiger partial charge is 0.543 e. The van der Waals surface area contributed by atoms with Crippen LogP contribution in [0.2, 0.25) is 19.6 Å². The Morgan fingerprint density at radius 3 is 2.52 bits per heavy atom. The number of rotatable bonds is 4. The van der Waals surface area contributed by atoms with Crippen LogP contribution < -0.4 is 4.43 Å². The second-order valence-electron chi connectivity index (χ2n) is 5.90. The molecule has 1 aromatic heterocycles. The molecule has 0 spiro atoms. The first-order chi connectivity index (χ1) is 9.85. The zero-order valence-corrected chi connectivity index (χ0v) is 14.2. The smallest absolute Gasteiger partial charge is 0.242 e. The quantitative estimate of drug-likeness (QED) is 0.629. The lowest BCUT2D eigenvalue weighted by Crippen LogP contribution is -2.29. The Morgan fingerprint density at radius 2 is 1.86 bits per heavy atom. The van der Waals surface area contributed by atoms with Crippen LogP contribution in [0.15, 0.2) is 41.5 Å². The van der Waals surface area contributed by atoms with Crippen LogP contribution in [0.3, 0.4) is 0 Å². The summed E-state index contributed by atoms with van der Waals surface area (Å²) in [7, 11) is -1.67. The Kier molecular flexibility index (Phi) is 4.52. The summed E-state index contributed by atoms with van der Waals surface area (Å²) in [6.07, 6.45) is 1.75. The molecule has 110 valence electrons. The summed E-state index contributed by atoms with van der Waals surface area (Å²) in [5.41, 5.74) is 2.54.